The number of rotatable bonds is 9. The lowest BCUT2D eigenvalue weighted by Gasteiger charge is -2.03. The molecule has 0 aliphatic heterocycles. The number of unbranched alkanes of at least 4 members (excludes halogenated alkanes) is 3. The number of carbonyl (C=O) groups is 1. The van der Waals surface area contributed by atoms with E-state index in [0.29, 0.717) is 13.0 Å². The van der Waals surface area contributed by atoms with Crippen molar-refractivity contribution in [1.29, 1.82) is 0 Å². The summed E-state index contributed by atoms with van der Waals surface area (Å²) in [6.07, 6.45) is 12.1. The molecular weight excluding hydrogens is 216 g/mol. The average Bonchev–Trinajstić information content (AvgIpc) is 2.84. The number of ether oxygens (including phenoxy) is 1. The number of esters is 1. The van der Waals surface area contributed by atoms with Gasteiger partial charge < -0.3 is 9.30 Å². The summed E-state index contributed by atoms with van der Waals surface area (Å²) in [6.45, 7) is 3.54. The largest absolute Gasteiger partial charge is 0.466 e. The molecule has 0 N–H and O–H groups in total. The number of aryl methyl sites for hydroxylation is 1. The summed E-state index contributed by atoms with van der Waals surface area (Å²) in [5.41, 5.74) is 0. The van der Waals surface area contributed by atoms with Crippen molar-refractivity contribution in [3.8, 4) is 0 Å². The maximum Gasteiger partial charge on any atom is 0.305 e. The van der Waals surface area contributed by atoms with E-state index in [2.05, 4.69) is 11.2 Å². The lowest BCUT2D eigenvalue weighted by Crippen LogP contribution is -2.04. The summed E-state index contributed by atoms with van der Waals surface area (Å²) in [7, 11) is 0. The van der Waals surface area contributed by atoms with Crippen molar-refractivity contribution in [1.82, 2.24) is 9.55 Å². The molecule has 1 radical (unpaired) electrons. The van der Waals surface area contributed by atoms with E-state index in [-0.39, 0.29) is 5.97 Å². The standard InChI is InChI=1S/C13H21N2O2/c1-2-11-17-13(16)7-5-3-4-6-9-15-10-8-14-12-15/h10,12H,2-7,9,11H2,1H3. The SMILES string of the molecule is CCCOC(=O)CCCCCCn1c[c]nc1. The van der Waals surface area contributed by atoms with Gasteiger partial charge in [0, 0.05) is 19.2 Å². The van der Waals surface area contributed by atoms with Gasteiger partial charge in [-0.05, 0) is 19.3 Å². The molecule has 0 atom stereocenters. The third-order valence-electron chi connectivity index (χ3n) is 2.52. The highest BCUT2D eigenvalue weighted by Crippen LogP contribution is 2.05. The van der Waals surface area contributed by atoms with Gasteiger partial charge in [0.1, 0.15) is 6.20 Å². The third kappa shape index (κ3) is 6.76. The van der Waals surface area contributed by atoms with Gasteiger partial charge in [-0.2, -0.15) is 0 Å². The first-order chi connectivity index (χ1) is 8.33. The molecule has 0 amide bonds. The van der Waals surface area contributed by atoms with Crippen LogP contribution in [0.5, 0.6) is 0 Å². The molecule has 17 heavy (non-hydrogen) atoms. The summed E-state index contributed by atoms with van der Waals surface area (Å²) >= 11 is 0. The molecule has 0 aliphatic rings. The van der Waals surface area contributed by atoms with Crippen LogP contribution in [-0.2, 0) is 16.1 Å². The van der Waals surface area contributed by atoms with Crippen LogP contribution < -0.4 is 0 Å². The lowest BCUT2D eigenvalue weighted by atomic mass is 10.1. The highest BCUT2D eigenvalue weighted by atomic mass is 16.5. The normalized spacial score (nSPS) is 10.4. The molecule has 4 nitrogen and oxygen atoms in total. The molecule has 1 rings (SSSR count). The first kappa shape index (κ1) is 13.7. The van der Waals surface area contributed by atoms with Gasteiger partial charge in [-0.3, -0.25) is 4.79 Å². The Balaban J connectivity index is 1.89. The van der Waals surface area contributed by atoms with Gasteiger partial charge in [0.2, 0.25) is 0 Å². The van der Waals surface area contributed by atoms with E-state index in [4.69, 9.17) is 4.74 Å². The molecule has 0 unspecified atom stereocenters. The van der Waals surface area contributed by atoms with Crippen LogP contribution in [0.4, 0.5) is 0 Å². The Morgan fingerprint density at radius 2 is 2.18 bits per heavy atom. The van der Waals surface area contributed by atoms with Crippen molar-refractivity contribution in [2.45, 2.75) is 52.0 Å². The van der Waals surface area contributed by atoms with E-state index >= 15 is 0 Å². The van der Waals surface area contributed by atoms with Crippen LogP contribution in [-0.4, -0.2) is 22.1 Å². The van der Waals surface area contributed by atoms with E-state index in [0.717, 1.165) is 38.6 Å². The maximum absolute atomic E-state index is 11.2. The predicted octanol–water partition coefficient (Wildman–Crippen LogP) is 2.59. The summed E-state index contributed by atoms with van der Waals surface area (Å²) in [6, 6.07) is 0. The topological polar surface area (TPSA) is 44.1 Å². The fourth-order valence-electron chi connectivity index (χ4n) is 1.58. The van der Waals surface area contributed by atoms with Crippen LogP contribution in [0.1, 0.15) is 45.4 Å². The second-order valence-electron chi connectivity index (χ2n) is 4.13. The molecule has 0 aromatic carbocycles. The molecule has 0 aliphatic carbocycles. The van der Waals surface area contributed by atoms with Crippen molar-refractivity contribution in [2.75, 3.05) is 6.61 Å². The Morgan fingerprint density at radius 3 is 2.88 bits per heavy atom. The van der Waals surface area contributed by atoms with Gasteiger partial charge >= 0.3 is 5.97 Å². The average molecular weight is 237 g/mol. The van der Waals surface area contributed by atoms with Gasteiger partial charge in [-0.1, -0.05) is 19.8 Å². The van der Waals surface area contributed by atoms with Crippen LogP contribution in [0.2, 0.25) is 0 Å². The second-order valence-corrected chi connectivity index (χ2v) is 4.13. The van der Waals surface area contributed by atoms with E-state index in [9.17, 15) is 4.79 Å². The molecule has 0 spiro atoms. The monoisotopic (exact) mass is 237 g/mol. The third-order valence-corrected chi connectivity index (χ3v) is 2.52. The molecule has 4 heteroatoms. The minimum absolute atomic E-state index is 0.0592. The van der Waals surface area contributed by atoms with Crippen LogP contribution >= 0.6 is 0 Å². The Bertz CT molecular complexity index is 296. The number of imidazole rings is 1. The number of aromatic nitrogens is 2. The zero-order chi connectivity index (χ0) is 12.3. The molecule has 0 saturated heterocycles. The zero-order valence-corrected chi connectivity index (χ0v) is 10.5. The fraction of sp³-hybridized carbons (Fsp3) is 0.692. The van der Waals surface area contributed by atoms with E-state index in [1.54, 1.807) is 6.33 Å². The fourth-order valence-corrected chi connectivity index (χ4v) is 1.58. The minimum atomic E-state index is -0.0592. The summed E-state index contributed by atoms with van der Waals surface area (Å²) in [4.78, 5) is 15.0. The summed E-state index contributed by atoms with van der Waals surface area (Å²) in [5, 5.41) is 0. The summed E-state index contributed by atoms with van der Waals surface area (Å²) < 4.78 is 7.02. The van der Waals surface area contributed by atoms with Gasteiger partial charge in [0.15, 0.2) is 0 Å². The molecule has 0 saturated carbocycles. The molecule has 1 aromatic rings. The van der Waals surface area contributed by atoms with Crippen LogP contribution in [0, 0.1) is 6.20 Å². The summed E-state index contributed by atoms with van der Waals surface area (Å²) in [5.74, 6) is -0.0592. The van der Waals surface area contributed by atoms with E-state index in [1.165, 1.54) is 0 Å². The van der Waals surface area contributed by atoms with Gasteiger partial charge in [0.25, 0.3) is 0 Å². The van der Waals surface area contributed by atoms with Crippen molar-refractivity contribution < 1.29 is 9.53 Å². The Kier molecular flexibility index (Phi) is 7.11. The first-order valence-electron chi connectivity index (χ1n) is 6.36. The van der Waals surface area contributed by atoms with Crippen molar-refractivity contribution in [3.05, 3.63) is 18.7 Å². The molecule has 0 bridgehead atoms. The van der Waals surface area contributed by atoms with Crippen LogP contribution in [0.15, 0.2) is 12.5 Å². The smallest absolute Gasteiger partial charge is 0.305 e. The zero-order valence-electron chi connectivity index (χ0n) is 10.5. The lowest BCUT2D eigenvalue weighted by molar-refractivity contribution is -0.143. The molecule has 1 aromatic heterocycles. The number of hydrogen-bond acceptors (Lipinski definition) is 3. The minimum Gasteiger partial charge on any atom is -0.466 e. The molecule has 0 fully saturated rings. The second kappa shape index (κ2) is 8.79. The molecular formula is C13H21N2O2. The van der Waals surface area contributed by atoms with Crippen molar-refractivity contribution >= 4 is 5.97 Å². The van der Waals surface area contributed by atoms with Crippen molar-refractivity contribution in [2.24, 2.45) is 0 Å². The predicted molar refractivity (Wildman–Crippen MR) is 65.4 cm³/mol. The van der Waals surface area contributed by atoms with Crippen LogP contribution in [0.3, 0.4) is 0 Å². The maximum atomic E-state index is 11.2. The molecule has 1 heterocycles. The first-order valence-corrected chi connectivity index (χ1v) is 6.36. The quantitative estimate of drug-likeness (QED) is 0.490. The van der Waals surface area contributed by atoms with Crippen molar-refractivity contribution in [3.63, 3.8) is 0 Å². The van der Waals surface area contributed by atoms with Crippen LogP contribution in [0.25, 0.3) is 0 Å². The highest BCUT2D eigenvalue weighted by Gasteiger charge is 2.01. The highest BCUT2D eigenvalue weighted by molar-refractivity contribution is 5.69. The number of nitrogens with zero attached hydrogens (tertiary/aromatic N) is 2. The Labute approximate surface area is 103 Å². The van der Waals surface area contributed by atoms with E-state index in [1.807, 2.05) is 17.7 Å². The number of carbonyl (C=O) groups excluding carboxylic acids is 1. The van der Waals surface area contributed by atoms with Gasteiger partial charge in [0.05, 0.1) is 12.9 Å². The van der Waals surface area contributed by atoms with Gasteiger partial charge in [-0.15, -0.1) is 0 Å². The Morgan fingerprint density at radius 1 is 1.35 bits per heavy atom. The molecule has 95 valence electrons. The van der Waals surface area contributed by atoms with Gasteiger partial charge in [-0.25, -0.2) is 4.98 Å². The number of hydrogen-bond donors (Lipinski definition) is 0. The van der Waals surface area contributed by atoms with E-state index < -0.39 is 0 Å². The Hall–Kier alpha value is -1.32.